The van der Waals surface area contributed by atoms with Crippen LogP contribution in [0.25, 0.3) is 11.1 Å². The minimum Gasteiger partial charge on any atom is -0.356 e. The molecule has 0 fully saturated rings. The number of fused-ring (bicyclic) bond motifs is 3. The van der Waals surface area contributed by atoms with Crippen LogP contribution >= 0.6 is 0 Å². The van der Waals surface area contributed by atoms with Crippen molar-refractivity contribution in [1.29, 1.82) is 0 Å². The van der Waals surface area contributed by atoms with Crippen molar-refractivity contribution in [2.24, 2.45) is 0 Å². The lowest BCUT2D eigenvalue weighted by molar-refractivity contribution is 0.660. The lowest BCUT2D eigenvalue weighted by atomic mass is 9.82. The van der Waals surface area contributed by atoms with Gasteiger partial charge >= 0.3 is 0 Å². The fourth-order valence-corrected chi connectivity index (χ4v) is 3.90. The van der Waals surface area contributed by atoms with Crippen LogP contribution in [0.2, 0.25) is 0 Å². The number of benzene rings is 3. The molecule has 0 saturated heterocycles. The molecule has 0 heterocycles. The Balaban J connectivity index is 1.68. The van der Waals surface area contributed by atoms with Gasteiger partial charge in [0.25, 0.3) is 0 Å². The third-order valence-electron chi connectivity index (χ3n) is 5.45. The van der Waals surface area contributed by atoms with Crippen molar-refractivity contribution >= 4 is 11.4 Å². The van der Waals surface area contributed by atoms with E-state index in [1.54, 1.807) is 0 Å². The molecule has 0 unspecified atom stereocenters. The number of rotatable bonds is 3. The Bertz CT molecular complexity index is 917. The van der Waals surface area contributed by atoms with Gasteiger partial charge in [0, 0.05) is 16.8 Å². The molecule has 0 aliphatic heterocycles. The first-order chi connectivity index (χ1) is 12.0. The van der Waals surface area contributed by atoms with E-state index in [9.17, 15) is 0 Å². The lowest BCUT2D eigenvalue weighted by Crippen LogP contribution is -2.15. The maximum Gasteiger partial charge on any atom is 0.0387 e. The number of anilines is 2. The van der Waals surface area contributed by atoms with Gasteiger partial charge in [-0.1, -0.05) is 70.2 Å². The first kappa shape index (κ1) is 16.0. The van der Waals surface area contributed by atoms with Gasteiger partial charge in [-0.2, -0.15) is 0 Å². The Morgan fingerprint density at radius 2 is 1.36 bits per heavy atom. The van der Waals surface area contributed by atoms with Gasteiger partial charge in [0.15, 0.2) is 0 Å². The van der Waals surface area contributed by atoms with Crippen LogP contribution in [0.5, 0.6) is 0 Å². The number of hydrogen-bond acceptors (Lipinski definition) is 1. The van der Waals surface area contributed by atoms with E-state index in [2.05, 4.69) is 99.7 Å². The highest BCUT2D eigenvalue weighted by Gasteiger charge is 2.35. The molecule has 0 bridgehead atoms. The highest BCUT2D eigenvalue weighted by atomic mass is 14.9. The van der Waals surface area contributed by atoms with Crippen LogP contribution in [-0.2, 0) is 5.41 Å². The smallest absolute Gasteiger partial charge is 0.0387 e. The molecule has 1 aliphatic carbocycles. The second-order valence-electron chi connectivity index (χ2n) is 7.83. The summed E-state index contributed by atoms with van der Waals surface area (Å²) in [6.45, 7) is 9.09. The number of nitrogens with one attached hydrogen (secondary N) is 1. The molecule has 0 saturated carbocycles. The Morgan fingerprint density at radius 1 is 0.720 bits per heavy atom. The molecule has 3 aromatic carbocycles. The van der Waals surface area contributed by atoms with Crippen LogP contribution in [0, 0.1) is 0 Å². The van der Waals surface area contributed by atoms with E-state index in [4.69, 9.17) is 0 Å². The van der Waals surface area contributed by atoms with E-state index in [-0.39, 0.29) is 5.41 Å². The van der Waals surface area contributed by atoms with E-state index in [0.717, 1.165) is 11.4 Å². The van der Waals surface area contributed by atoms with Gasteiger partial charge in [0.2, 0.25) is 0 Å². The van der Waals surface area contributed by atoms with Crippen molar-refractivity contribution in [2.75, 3.05) is 5.32 Å². The van der Waals surface area contributed by atoms with Gasteiger partial charge in [0.05, 0.1) is 0 Å². The lowest BCUT2D eigenvalue weighted by Gasteiger charge is -2.22. The molecule has 4 rings (SSSR count). The summed E-state index contributed by atoms with van der Waals surface area (Å²) < 4.78 is 0. The van der Waals surface area contributed by atoms with Gasteiger partial charge in [-0.3, -0.25) is 0 Å². The molecule has 126 valence electrons. The van der Waals surface area contributed by atoms with Crippen molar-refractivity contribution in [1.82, 2.24) is 0 Å². The second-order valence-corrected chi connectivity index (χ2v) is 7.83. The van der Waals surface area contributed by atoms with Gasteiger partial charge < -0.3 is 5.32 Å². The summed E-state index contributed by atoms with van der Waals surface area (Å²) >= 11 is 0. The summed E-state index contributed by atoms with van der Waals surface area (Å²) in [6, 6.07) is 24.3. The van der Waals surface area contributed by atoms with Crippen LogP contribution in [0.15, 0.2) is 66.7 Å². The molecule has 1 nitrogen and oxygen atoms in total. The van der Waals surface area contributed by atoms with Crippen molar-refractivity contribution in [2.45, 2.75) is 39.0 Å². The van der Waals surface area contributed by atoms with Gasteiger partial charge in [0.1, 0.15) is 0 Å². The van der Waals surface area contributed by atoms with Crippen LogP contribution in [-0.4, -0.2) is 0 Å². The first-order valence-electron chi connectivity index (χ1n) is 9.08. The maximum atomic E-state index is 3.56. The van der Waals surface area contributed by atoms with Crippen LogP contribution < -0.4 is 5.32 Å². The van der Waals surface area contributed by atoms with Gasteiger partial charge in [-0.05, 0) is 58.0 Å². The Morgan fingerprint density at radius 3 is 2.08 bits per heavy atom. The normalized spacial score (nSPS) is 14.3. The SMILES string of the molecule is CC(C)c1ccc(Nc2ccc3c(c2)C(C)(C)c2ccccc2-3)cc1. The molecule has 25 heavy (non-hydrogen) atoms. The second kappa shape index (κ2) is 5.77. The maximum absolute atomic E-state index is 3.56. The molecule has 0 atom stereocenters. The van der Waals surface area contributed by atoms with Crippen LogP contribution in [0.3, 0.4) is 0 Å². The average molecular weight is 327 g/mol. The summed E-state index contributed by atoms with van der Waals surface area (Å²) in [7, 11) is 0. The standard InChI is InChI=1S/C24H25N/c1-16(2)17-9-11-18(12-10-17)25-19-13-14-21-20-7-5-6-8-22(20)24(3,4)23(21)15-19/h5-16,25H,1-4H3. The van der Waals surface area contributed by atoms with Crippen molar-refractivity contribution < 1.29 is 0 Å². The van der Waals surface area contributed by atoms with E-state index in [1.807, 2.05) is 0 Å². The summed E-state index contributed by atoms with van der Waals surface area (Å²) in [5.74, 6) is 0.563. The van der Waals surface area contributed by atoms with Crippen LogP contribution in [0.1, 0.15) is 50.3 Å². The van der Waals surface area contributed by atoms with E-state index in [0.29, 0.717) is 5.92 Å². The fraction of sp³-hybridized carbons (Fsp3) is 0.250. The fourth-order valence-electron chi connectivity index (χ4n) is 3.90. The summed E-state index contributed by atoms with van der Waals surface area (Å²) in [4.78, 5) is 0. The third kappa shape index (κ3) is 2.64. The third-order valence-corrected chi connectivity index (χ3v) is 5.45. The summed E-state index contributed by atoms with van der Waals surface area (Å²) in [5, 5.41) is 3.56. The predicted octanol–water partition coefficient (Wildman–Crippen LogP) is 6.86. The molecule has 0 amide bonds. The molecule has 1 aliphatic rings. The van der Waals surface area contributed by atoms with Gasteiger partial charge in [-0.25, -0.2) is 0 Å². The topological polar surface area (TPSA) is 12.0 Å². The van der Waals surface area contributed by atoms with E-state index >= 15 is 0 Å². The average Bonchev–Trinajstić information content (AvgIpc) is 2.84. The van der Waals surface area contributed by atoms with Crippen molar-refractivity contribution in [3.8, 4) is 11.1 Å². The zero-order chi connectivity index (χ0) is 17.6. The van der Waals surface area contributed by atoms with E-state index in [1.165, 1.54) is 27.8 Å². The Hall–Kier alpha value is -2.54. The highest BCUT2D eigenvalue weighted by Crippen LogP contribution is 2.49. The number of hydrogen-bond donors (Lipinski definition) is 1. The predicted molar refractivity (Wildman–Crippen MR) is 108 cm³/mol. The van der Waals surface area contributed by atoms with Crippen LogP contribution in [0.4, 0.5) is 11.4 Å². The first-order valence-corrected chi connectivity index (χ1v) is 9.08. The minimum absolute atomic E-state index is 0.0467. The zero-order valence-corrected chi connectivity index (χ0v) is 15.4. The minimum atomic E-state index is 0.0467. The molecule has 0 spiro atoms. The Labute approximate surface area is 150 Å². The molecular formula is C24H25N. The molecule has 3 aromatic rings. The zero-order valence-electron chi connectivity index (χ0n) is 15.4. The summed E-state index contributed by atoms with van der Waals surface area (Å²) in [6.07, 6.45) is 0. The summed E-state index contributed by atoms with van der Waals surface area (Å²) in [5.41, 5.74) is 9.26. The molecule has 1 heteroatoms. The quantitative estimate of drug-likeness (QED) is 0.554. The highest BCUT2D eigenvalue weighted by molar-refractivity contribution is 5.82. The molecular weight excluding hydrogens is 302 g/mol. The van der Waals surface area contributed by atoms with E-state index < -0.39 is 0 Å². The largest absolute Gasteiger partial charge is 0.356 e. The monoisotopic (exact) mass is 327 g/mol. The van der Waals surface area contributed by atoms with Crippen molar-refractivity contribution in [3.63, 3.8) is 0 Å². The molecule has 0 aromatic heterocycles. The van der Waals surface area contributed by atoms with Crippen molar-refractivity contribution in [3.05, 3.63) is 83.4 Å². The molecule has 1 N–H and O–H groups in total. The van der Waals surface area contributed by atoms with Gasteiger partial charge in [-0.15, -0.1) is 0 Å². The molecule has 0 radical (unpaired) electrons. The Kier molecular flexibility index (Phi) is 3.68.